The van der Waals surface area contributed by atoms with Crippen molar-refractivity contribution in [1.29, 1.82) is 0 Å². The number of aryl methyl sites for hydroxylation is 1. The first kappa shape index (κ1) is 19.0. The lowest BCUT2D eigenvalue weighted by atomic mass is 10.1. The lowest BCUT2D eigenvalue weighted by molar-refractivity contribution is 0.0998. The lowest BCUT2D eigenvalue weighted by Gasteiger charge is -2.08. The van der Waals surface area contributed by atoms with E-state index in [0.29, 0.717) is 22.7 Å². The summed E-state index contributed by atoms with van der Waals surface area (Å²) in [6.45, 7) is 4.74. The van der Waals surface area contributed by atoms with Crippen molar-refractivity contribution in [1.82, 2.24) is 4.57 Å². The molecule has 0 unspecified atom stereocenters. The van der Waals surface area contributed by atoms with E-state index in [-0.39, 0.29) is 11.7 Å². The van der Waals surface area contributed by atoms with Gasteiger partial charge in [0, 0.05) is 17.0 Å². The summed E-state index contributed by atoms with van der Waals surface area (Å²) in [5, 5.41) is 0. The molecule has 0 saturated carbocycles. The van der Waals surface area contributed by atoms with Gasteiger partial charge in [0.25, 0.3) is 5.91 Å². The van der Waals surface area contributed by atoms with Crippen LogP contribution in [0.5, 0.6) is 5.75 Å². The minimum atomic E-state index is -0.297. The van der Waals surface area contributed by atoms with Crippen LogP contribution >= 0.6 is 11.3 Å². The first-order valence-corrected chi connectivity index (χ1v) is 9.60. The fourth-order valence-electron chi connectivity index (χ4n) is 2.89. The maximum absolute atomic E-state index is 13.3. The number of aromatic nitrogens is 1. The van der Waals surface area contributed by atoms with E-state index in [2.05, 4.69) is 11.9 Å². The summed E-state index contributed by atoms with van der Waals surface area (Å²) in [5.41, 5.74) is 2.42. The number of rotatable bonds is 5. The smallest absolute Gasteiger partial charge is 0.279 e. The molecule has 6 heteroatoms. The number of hydrogen-bond acceptors (Lipinski definition) is 3. The highest BCUT2D eigenvalue weighted by molar-refractivity contribution is 7.09. The molecule has 0 bridgehead atoms. The van der Waals surface area contributed by atoms with E-state index in [1.807, 2.05) is 11.5 Å². The molecule has 2 aromatic carbocycles. The van der Waals surface area contributed by atoms with Crippen molar-refractivity contribution >= 4 is 17.2 Å². The van der Waals surface area contributed by atoms with E-state index < -0.39 is 0 Å². The first-order chi connectivity index (χ1) is 13.1. The van der Waals surface area contributed by atoms with Crippen LogP contribution in [0.25, 0.3) is 11.3 Å². The molecule has 140 valence electrons. The molecule has 0 saturated heterocycles. The van der Waals surface area contributed by atoms with Crippen molar-refractivity contribution in [3.05, 3.63) is 69.6 Å². The molecular weight excluding hydrogens is 363 g/mol. The van der Waals surface area contributed by atoms with Crippen molar-refractivity contribution in [3.63, 3.8) is 0 Å². The maximum atomic E-state index is 13.3. The van der Waals surface area contributed by atoms with Crippen molar-refractivity contribution in [2.45, 2.75) is 26.8 Å². The van der Waals surface area contributed by atoms with Crippen molar-refractivity contribution < 1.29 is 13.9 Å². The summed E-state index contributed by atoms with van der Waals surface area (Å²) in [6.07, 6.45) is 0.809. The van der Waals surface area contributed by atoms with E-state index in [1.54, 1.807) is 43.5 Å². The van der Waals surface area contributed by atoms with Gasteiger partial charge >= 0.3 is 0 Å². The van der Waals surface area contributed by atoms with Gasteiger partial charge in [0.05, 0.1) is 12.8 Å². The number of benzene rings is 2. The van der Waals surface area contributed by atoms with Crippen LogP contribution in [-0.2, 0) is 13.0 Å². The number of carbonyl (C=O) groups is 1. The van der Waals surface area contributed by atoms with Crippen LogP contribution in [-0.4, -0.2) is 17.6 Å². The Morgan fingerprint density at radius 3 is 2.33 bits per heavy atom. The van der Waals surface area contributed by atoms with Crippen molar-refractivity contribution in [2.75, 3.05) is 7.11 Å². The predicted molar refractivity (Wildman–Crippen MR) is 106 cm³/mol. The summed E-state index contributed by atoms with van der Waals surface area (Å²) in [5.74, 6) is 0.127. The highest BCUT2D eigenvalue weighted by atomic mass is 32.1. The molecule has 0 atom stereocenters. The Hall–Kier alpha value is -2.73. The average molecular weight is 384 g/mol. The van der Waals surface area contributed by atoms with Crippen molar-refractivity contribution in [3.8, 4) is 17.0 Å². The second kappa shape index (κ2) is 8.31. The molecule has 0 N–H and O–H groups in total. The third-order valence-electron chi connectivity index (χ3n) is 4.27. The lowest BCUT2D eigenvalue weighted by Crippen LogP contribution is -2.17. The fourth-order valence-corrected chi connectivity index (χ4v) is 4.03. The van der Waals surface area contributed by atoms with Crippen LogP contribution in [0.2, 0.25) is 0 Å². The largest absolute Gasteiger partial charge is 0.497 e. The second-order valence-corrected chi connectivity index (χ2v) is 6.97. The number of halogens is 1. The molecule has 0 aliphatic rings. The van der Waals surface area contributed by atoms with E-state index >= 15 is 0 Å². The Bertz CT molecular complexity index is 1000. The molecule has 0 aliphatic carbocycles. The van der Waals surface area contributed by atoms with Crippen LogP contribution in [0.15, 0.2) is 53.5 Å². The van der Waals surface area contributed by atoms with E-state index in [1.165, 1.54) is 23.5 Å². The predicted octanol–water partition coefficient (Wildman–Crippen LogP) is 4.69. The number of amides is 1. The van der Waals surface area contributed by atoms with Crippen LogP contribution in [0.3, 0.4) is 0 Å². The summed E-state index contributed by atoms with van der Waals surface area (Å²) >= 11 is 1.50. The Labute approximate surface area is 161 Å². The minimum absolute atomic E-state index is 0.269. The fraction of sp³-hybridized carbons (Fsp3) is 0.238. The van der Waals surface area contributed by atoms with Gasteiger partial charge in [-0.05, 0) is 67.4 Å². The highest BCUT2D eigenvalue weighted by Gasteiger charge is 2.15. The third-order valence-corrected chi connectivity index (χ3v) is 5.49. The SMILES string of the molecule is CCc1sc(=NC(=O)c2ccc(OC)cc2)n(CC)c1-c1ccc(F)cc1. The van der Waals surface area contributed by atoms with Gasteiger partial charge in [-0.3, -0.25) is 4.79 Å². The zero-order valence-corrected chi connectivity index (χ0v) is 16.3. The average Bonchev–Trinajstić information content (AvgIpc) is 3.05. The normalized spacial score (nSPS) is 11.6. The topological polar surface area (TPSA) is 43.6 Å². The Morgan fingerprint density at radius 2 is 1.78 bits per heavy atom. The second-order valence-electron chi connectivity index (χ2n) is 5.91. The molecule has 0 fully saturated rings. The van der Waals surface area contributed by atoms with Gasteiger partial charge in [0.1, 0.15) is 11.6 Å². The number of carbonyl (C=O) groups excluding carboxylic acids is 1. The van der Waals surface area contributed by atoms with Gasteiger partial charge < -0.3 is 9.30 Å². The molecule has 1 amide bonds. The van der Waals surface area contributed by atoms with E-state index in [0.717, 1.165) is 22.6 Å². The quantitative estimate of drug-likeness (QED) is 0.641. The summed E-state index contributed by atoms with van der Waals surface area (Å²) in [6, 6.07) is 13.3. The van der Waals surface area contributed by atoms with E-state index in [9.17, 15) is 9.18 Å². The molecule has 3 aromatic rings. The van der Waals surface area contributed by atoms with Gasteiger partial charge in [-0.2, -0.15) is 4.99 Å². The minimum Gasteiger partial charge on any atom is -0.497 e. The van der Waals surface area contributed by atoms with Crippen LogP contribution in [0, 0.1) is 5.82 Å². The third kappa shape index (κ3) is 4.01. The molecule has 4 nitrogen and oxygen atoms in total. The van der Waals surface area contributed by atoms with Gasteiger partial charge in [0.15, 0.2) is 4.80 Å². The number of ether oxygens (including phenoxy) is 1. The van der Waals surface area contributed by atoms with Gasteiger partial charge in [-0.15, -0.1) is 11.3 Å². The number of nitrogens with zero attached hydrogens (tertiary/aromatic N) is 2. The Balaban J connectivity index is 2.08. The molecule has 1 aromatic heterocycles. The molecule has 0 spiro atoms. The van der Waals surface area contributed by atoms with Gasteiger partial charge in [0.2, 0.25) is 0 Å². The number of methoxy groups -OCH3 is 1. The number of hydrogen-bond donors (Lipinski definition) is 0. The standard InChI is InChI=1S/C21H21FN2O2S/c1-4-18-19(14-6-10-16(22)11-7-14)24(5-2)21(27-18)23-20(25)15-8-12-17(26-3)13-9-15/h6-13H,4-5H2,1-3H3. The summed E-state index contributed by atoms with van der Waals surface area (Å²) < 4.78 is 20.4. The zero-order chi connectivity index (χ0) is 19.4. The molecule has 0 aliphatic heterocycles. The Kier molecular flexibility index (Phi) is 5.86. The summed E-state index contributed by atoms with van der Waals surface area (Å²) in [4.78, 5) is 18.7. The molecule has 0 radical (unpaired) electrons. The molecule has 27 heavy (non-hydrogen) atoms. The molecule has 1 heterocycles. The highest BCUT2D eigenvalue weighted by Crippen LogP contribution is 2.27. The zero-order valence-electron chi connectivity index (χ0n) is 15.5. The summed E-state index contributed by atoms with van der Waals surface area (Å²) in [7, 11) is 1.58. The molecule has 3 rings (SSSR count). The first-order valence-electron chi connectivity index (χ1n) is 8.78. The van der Waals surface area contributed by atoms with Crippen molar-refractivity contribution in [2.24, 2.45) is 4.99 Å². The van der Waals surface area contributed by atoms with E-state index in [4.69, 9.17) is 4.74 Å². The maximum Gasteiger partial charge on any atom is 0.279 e. The van der Waals surface area contributed by atoms with Crippen LogP contribution < -0.4 is 9.54 Å². The van der Waals surface area contributed by atoms with Gasteiger partial charge in [-0.25, -0.2) is 4.39 Å². The number of thiazole rings is 1. The Morgan fingerprint density at radius 1 is 1.11 bits per heavy atom. The van der Waals surface area contributed by atoms with Gasteiger partial charge in [-0.1, -0.05) is 6.92 Å². The molecular formula is C21H21FN2O2S. The van der Waals surface area contributed by atoms with Crippen LogP contribution in [0.1, 0.15) is 29.1 Å². The van der Waals surface area contributed by atoms with Crippen LogP contribution in [0.4, 0.5) is 4.39 Å². The monoisotopic (exact) mass is 384 g/mol.